The Bertz CT molecular complexity index is 418. The Labute approximate surface area is 127 Å². The van der Waals surface area contributed by atoms with Crippen molar-refractivity contribution in [2.24, 2.45) is 0 Å². The molecule has 1 rings (SSSR count). The molecule has 0 amide bonds. The van der Waals surface area contributed by atoms with E-state index in [1.54, 1.807) is 19.2 Å². The van der Waals surface area contributed by atoms with E-state index in [1.807, 2.05) is 6.07 Å². The number of aromatic nitrogens is 1. The summed E-state index contributed by atoms with van der Waals surface area (Å²) in [5.41, 5.74) is 0.487. The predicted octanol–water partition coefficient (Wildman–Crippen LogP) is 2.79. The minimum absolute atomic E-state index is 0.326. The van der Waals surface area contributed by atoms with Gasteiger partial charge in [-0.05, 0) is 59.3 Å². The second kappa shape index (κ2) is 9.34. The highest BCUT2D eigenvalue weighted by atomic mass is 16.5. The van der Waals surface area contributed by atoms with Gasteiger partial charge in [0.05, 0.1) is 12.2 Å². The molecule has 5 heteroatoms. The summed E-state index contributed by atoms with van der Waals surface area (Å²) in [5, 5.41) is 3.26. The number of nitrogens with one attached hydrogen (secondary N) is 1. The highest BCUT2D eigenvalue weighted by Crippen LogP contribution is 2.07. The fourth-order valence-corrected chi connectivity index (χ4v) is 1.79. The molecule has 118 valence electrons. The zero-order valence-corrected chi connectivity index (χ0v) is 13.6. The summed E-state index contributed by atoms with van der Waals surface area (Å²) in [6.45, 7) is 8.56. The quantitative estimate of drug-likeness (QED) is 0.560. The van der Waals surface area contributed by atoms with Crippen molar-refractivity contribution < 1.29 is 9.53 Å². The van der Waals surface area contributed by atoms with Gasteiger partial charge in [-0.15, -0.1) is 0 Å². The molecule has 0 saturated heterocycles. The van der Waals surface area contributed by atoms with E-state index in [0.29, 0.717) is 18.2 Å². The molecule has 1 heterocycles. The van der Waals surface area contributed by atoms with E-state index in [4.69, 9.17) is 4.74 Å². The number of carbonyl (C=O) groups is 1. The van der Waals surface area contributed by atoms with Crippen LogP contribution in [0.5, 0.6) is 0 Å². The summed E-state index contributed by atoms with van der Waals surface area (Å²) in [6, 6.07) is 4.14. The molecule has 1 N–H and O–H groups in total. The number of rotatable bonds is 9. The van der Waals surface area contributed by atoms with Crippen LogP contribution in [0, 0.1) is 0 Å². The van der Waals surface area contributed by atoms with Crippen LogP contribution in [0.1, 0.15) is 44.0 Å². The summed E-state index contributed by atoms with van der Waals surface area (Å²) >= 11 is 0. The molecule has 0 saturated carbocycles. The van der Waals surface area contributed by atoms with E-state index in [0.717, 1.165) is 31.7 Å². The lowest BCUT2D eigenvalue weighted by Gasteiger charge is -2.20. The van der Waals surface area contributed by atoms with Gasteiger partial charge >= 0.3 is 5.97 Å². The van der Waals surface area contributed by atoms with E-state index in [1.165, 1.54) is 0 Å². The first kappa shape index (κ1) is 17.4. The molecule has 0 spiro atoms. The number of esters is 1. The van der Waals surface area contributed by atoms with Gasteiger partial charge in [0, 0.05) is 18.8 Å². The summed E-state index contributed by atoms with van der Waals surface area (Å²) in [5.74, 6) is 0.466. The first-order chi connectivity index (χ1) is 10.0. The standard InChI is InChI=1S/C16H27N3O2/c1-5-21-16(20)14-8-9-15(18-12-14)17-10-6-7-11-19(4)13(2)3/h8-9,12-13H,5-7,10-11H2,1-4H3,(H,17,18). The van der Waals surface area contributed by atoms with Crippen LogP contribution < -0.4 is 5.32 Å². The van der Waals surface area contributed by atoms with Crippen LogP contribution >= 0.6 is 0 Å². The van der Waals surface area contributed by atoms with Gasteiger partial charge in [0.25, 0.3) is 0 Å². The van der Waals surface area contributed by atoms with Gasteiger partial charge in [0.2, 0.25) is 0 Å². The van der Waals surface area contributed by atoms with Gasteiger partial charge in [0.15, 0.2) is 0 Å². The van der Waals surface area contributed by atoms with E-state index in [2.05, 4.69) is 36.1 Å². The monoisotopic (exact) mass is 293 g/mol. The fraction of sp³-hybridized carbons (Fsp3) is 0.625. The van der Waals surface area contributed by atoms with Crippen molar-refractivity contribution >= 4 is 11.8 Å². The third-order valence-corrected chi connectivity index (χ3v) is 3.40. The van der Waals surface area contributed by atoms with Gasteiger partial charge in [-0.2, -0.15) is 0 Å². The van der Waals surface area contributed by atoms with Crippen molar-refractivity contribution in [3.05, 3.63) is 23.9 Å². The van der Waals surface area contributed by atoms with Gasteiger partial charge in [-0.3, -0.25) is 0 Å². The molecule has 5 nitrogen and oxygen atoms in total. The number of nitrogens with zero attached hydrogens (tertiary/aromatic N) is 2. The molecule has 0 bridgehead atoms. The van der Waals surface area contributed by atoms with Gasteiger partial charge in [-0.25, -0.2) is 9.78 Å². The second-order valence-corrected chi connectivity index (χ2v) is 5.36. The number of hydrogen-bond donors (Lipinski definition) is 1. The first-order valence-corrected chi connectivity index (χ1v) is 7.62. The van der Waals surface area contributed by atoms with Crippen LogP contribution in [0.25, 0.3) is 0 Å². The Balaban J connectivity index is 2.25. The third-order valence-electron chi connectivity index (χ3n) is 3.40. The maximum absolute atomic E-state index is 11.5. The maximum Gasteiger partial charge on any atom is 0.339 e. The van der Waals surface area contributed by atoms with Crippen molar-refractivity contribution in [3.63, 3.8) is 0 Å². The highest BCUT2D eigenvalue weighted by molar-refractivity contribution is 5.89. The maximum atomic E-state index is 11.5. The largest absolute Gasteiger partial charge is 0.462 e. The molecule has 0 aliphatic heterocycles. The van der Waals surface area contributed by atoms with Crippen LogP contribution in [0.15, 0.2) is 18.3 Å². The predicted molar refractivity (Wildman–Crippen MR) is 85.7 cm³/mol. The van der Waals surface area contributed by atoms with Crippen LogP contribution in [-0.2, 0) is 4.74 Å². The Hall–Kier alpha value is -1.62. The van der Waals surface area contributed by atoms with E-state index in [-0.39, 0.29) is 5.97 Å². The van der Waals surface area contributed by atoms with E-state index in [9.17, 15) is 4.79 Å². The number of pyridine rings is 1. The normalized spacial score (nSPS) is 11.0. The molecular weight excluding hydrogens is 266 g/mol. The lowest BCUT2D eigenvalue weighted by Crippen LogP contribution is -2.27. The van der Waals surface area contributed by atoms with Gasteiger partial charge in [0.1, 0.15) is 5.82 Å². The highest BCUT2D eigenvalue weighted by Gasteiger charge is 2.06. The van der Waals surface area contributed by atoms with Crippen LogP contribution in [0.2, 0.25) is 0 Å². The third kappa shape index (κ3) is 6.58. The molecule has 21 heavy (non-hydrogen) atoms. The molecule has 0 aromatic carbocycles. The molecule has 1 aromatic rings. The lowest BCUT2D eigenvalue weighted by atomic mass is 10.2. The summed E-state index contributed by atoms with van der Waals surface area (Å²) < 4.78 is 4.92. The second-order valence-electron chi connectivity index (χ2n) is 5.36. The zero-order valence-electron chi connectivity index (χ0n) is 13.6. The smallest absolute Gasteiger partial charge is 0.339 e. The Morgan fingerprint density at radius 3 is 2.71 bits per heavy atom. The molecule has 0 radical (unpaired) electrons. The van der Waals surface area contributed by atoms with Crippen molar-refractivity contribution in [1.82, 2.24) is 9.88 Å². The Kier molecular flexibility index (Phi) is 7.75. The number of unbranched alkanes of at least 4 members (excludes halogenated alkanes) is 1. The number of carbonyl (C=O) groups excluding carboxylic acids is 1. The number of ether oxygens (including phenoxy) is 1. The molecular formula is C16H27N3O2. The number of anilines is 1. The topological polar surface area (TPSA) is 54.5 Å². The number of hydrogen-bond acceptors (Lipinski definition) is 5. The average Bonchev–Trinajstić information content (AvgIpc) is 2.47. The first-order valence-electron chi connectivity index (χ1n) is 7.62. The SMILES string of the molecule is CCOC(=O)c1ccc(NCCCCN(C)C(C)C)nc1. The molecule has 0 aliphatic rings. The summed E-state index contributed by atoms with van der Waals surface area (Å²) in [7, 11) is 2.15. The van der Waals surface area contributed by atoms with Crippen molar-refractivity contribution in [3.8, 4) is 0 Å². The van der Waals surface area contributed by atoms with Crippen LogP contribution in [-0.4, -0.2) is 48.6 Å². The minimum atomic E-state index is -0.326. The van der Waals surface area contributed by atoms with Gasteiger partial charge in [-0.1, -0.05) is 0 Å². The van der Waals surface area contributed by atoms with Crippen molar-refractivity contribution in [2.45, 2.75) is 39.7 Å². The molecule has 0 unspecified atom stereocenters. The fourth-order valence-electron chi connectivity index (χ4n) is 1.79. The Morgan fingerprint density at radius 1 is 1.38 bits per heavy atom. The minimum Gasteiger partial charge on any atom is -0.462 e. The molecule has 0 aliphatic carbocycles. The van der Waals surface area contributed by atoms with E-state index < -0.39 is 0 Å². The molecule has 0 fully saturated rings. The average molecular weight is 293 g/mol. The zero-order chi connectivity index (χ0) is 15.7. The van der Waals surface area contributed by atoms with Gasteiger partial charge < -0.3 is 15.0 Å². The lowest BCUT2D eigenvalue weighted by molar-refractivity contribution is 0.0526. The molecule has 0 atom stereocenters. The van der Waals surface area contributed by atoms with Crippen LogP contribution in [0.3, 0.4) is 0 Å². The molecule has 1 aromatic heterocycles. The summed E-state index contributed by atoms with van der Waals surface area (Å²) in [4.78, 5) is 18.0. The van der Waals surface area contributed by atoms with Crippen molar-refractivity contribution in [2.75, 3.05) is 32.1 Å². The van der Waals surface area contributed by atoms with Crippen molar-refractivity contribution in [1.29, 1.82) is 0 Å². The Morgan fingerprint density at radius 2 is 2.14 bits per heavy atom. The van der Waals surface area contributed by atoms with Crippen LogP contribution in [0.4, 0.5) is 5.82 Å². The summed E-state index contributed by atoms with van der Waals surface area (Å²) in [6.07, 6.45) is 3.80. The van der Waals surface area contributed by atoms with E-state index >= 15 is 0 Å².